The third kappa shape index (κ3) is 4.28. The van der Waals surface area contributed by atoms with Gasteiger partial charge in [-0.25, -0.2) is 9.67 Å². The number of nitrogens with zero attached hydrogens (tertiary/aromatic N) is 7. The number of aromatic nitrogens is 5. The van der Waals surface area contributed by atoms with Gasteiger partial charge < -0.3 is 19.7 Å². The highest BCUT2D eigenvalue weighted by Gasteiger charge is 2.15. The van der Waals surface area contributed by atoms with Gasteiger partial charge in [-0.2, -0.15) is 10.1 Å². The molecular weight excluding hydrogens is 448 g/mol. The Morgan fingerprint density at radius 2 is 1.78 bits per heavy atom. The summed E-state index contributed by atoms with van der Waals surface area (Å²) in [5.74, 6) is 0.560. The zero-order valence-electron chi connectivity index (χ0n) is 20.9. The molecule has 0 saturated carbocycles. The highest BCUT2D eigenvalue weighted by atomic mass is 15.3. The minimum absolute atomic E-state index is 0.560. The number of hydrogen-bond acceptors (Lipinski definition) is 6. The Morgan fingerprint density at radius 1 is 0.944 bits per heavy atom. The topological polar surface area (TPSA) is 67.0 Å². The van der Waals surface area contributed by atoms with Crippen LogP contribution in [0.4, 0.5) is 17.3 Å². The quantitative estimate of drug-likeness (QED) is 0.351. The molecule has 1 aliphatic rings. The molecule has 0 spiro atoms. The summed E-state index contributed by atoms with van der Waals surface area (Å²) >= 11 is 0. The normalized spacial score (nSPS) is 14.7. The first-order valence-electron chi connectivity index (χ1n) is 12.8. The Kier molecular flexibility index (Phi) is 6.03. The number of fused-ring (bicyclic) bond motifs is 2. The van der Waals surface area contributed by atoms with Crippen molar-refractivity contribution in [1.82, 2.24) is 29.2 Å². The van der Waals surface area contributed by atoms with Gasteiger partial charge in [0.15, 0.2) is 5.65 Å². The van der Waals surface area contributed by atoms with Gasteiger partial charge in [-0.15, -0.1) is 0 Å². The number of likely N-dealkylation sites (N-methyl/N-ethyl adjacent to an activating group) is 1. The van der Waals surface area contributed by atoms with Crippen molar-refractivity contribution in [2.24, 2.45) is 0 Å². The molecule has 0 amide bonds. The van der Waals surface area contributed by atoms with E-state index in [2.05, 4.69) is 98.5 Å². The first kappa shape index (κ1) is 22.5. The van der Waals surface area contributed by atoms with Crippen LogP contribution >= 0.6 is 0 Å². The first-order valence-corrected chi connectivity index (χ1v) is 12.8. The van der Waals surface area contributed by atoms with Crippen molar-refractivity contribution >= 4 is 39.3 Å². The average Bonchev–Trinajstić information content (AvgIpc) is 3.52. The minimum atomic E-state index is 0.560. The molecule has 0 aliphatic carbocycles. The second kappa shape index (κ2) is 9.62. The van der Waals surface area contributed by atoms with Gasteiger partial charge in [0, 0.05) is 61.9 Å². The number of piperazine rings is 1. The smallest absolute Gasteiger partial charge is 0.229 e. The van der Waals surface area contributed by atoms with E-state index in [4.69, 9.17) is 4.98 Å². The van der Waals surface area contributed by atoms with Crippen LogP contribution in [0.2, 0.25) is 0 Å². The van der Waals surface area contributed by atoms with Crippen molar-refractivity contribution < 1.29 is 0 Å². The molecule has 1 fully saturated rings. The van der Waals surface area contributed by atoms with Gasteiger partial charge in [0.25, 0.3) is 0 Å². The maximum atomic E-state index is 4.85. The molecule has 1 N–H and O–H groups in total. The van der Waals surface area contributed by atoms with E-state index in [0.29, 0.717) is 5.95 Å². The molecule has 0 atom stereocenters. The number of anilines is 3. The summed E-state index contributed by atoms with van der Waals surface area (Å²) in [5.41, 5.74) is 5.25. The molecule has 0 radical (unpaired) electrons. The van der Waals surface area contributed by atoms with Crippen molar-refractivity contribution in [1.29, 1.82) is 0 Å². The molecule has 1 aliphatic heterocycles. The Bertz CT molecular complexity index is 1480. The molecule has 8 heteroatoms. The van der Waals surface area contributed by atoms with Crippen LogP contribution < -0.4 is 10.2 Å². The summed E-state index contributed by atoms with van der Waals surface area (Å²) in [5, 5.41) is 10.1. The molecule has 8 nitrogen and oxygen atoms in total. The monoisotopic (exact) mass is 480 g/mol. The fourth-order valence-corrected chi connectivity index (χ4v) is 4.92. The van der Waals surface area contributed by atoms with E-state index < -0.39 is 0 Å². The molecule has 5 aromatic rings. The van der Waals surface area contributed by atoms with Crippen molar-refractivity contribution in [3.05, 3.63) is 67.1 Å². The van der Waals surface area contributed by atoms with Gasteiger partial charge in [0.2, 0.25) is 5.95 Å². The van der Waals surface area contributed by atoms with Gasteiger partial charge in [-0.3, -0.25) is 0 Å². The number of rotatable bonds is 7. The summed E-state index contributed by atoms with van der Waals surface area (Å²) in [6.07, 6.45) is 8.17. The van der Waals surface area contributed by atoms with Crippen LogP contribution in [0.25, 0.3) is 27.6 Å². The lowest BCUT2D eigenvalue weighted by atomic mass is 10.2. The molecule has 0 bridgehead atoms. The van der Waals surface area contributed by atoms with Crippen molar-refractivity contribution in [2.45, 2.75) is 26.3 Å². The predicted molar refractivity (Wildman–Crippen MR) is 146 cm³/mol. The molecule has 184 valence electrons. The van der Waals surface area contributed by atoms with Crippen LogP contribution in [-0.2, 0) is 6.54 Å². The van der Waals surface area contributed by atoms with E-state index in [0.717, 1.165) is 61.6 Å². The summed E-state index contributed by atoms with van der Waals surface area (Å²) in [6, 6.07) is 17.1. The summed E-state index contributed by atoms with van der Waals surface area (Å²) < 4.78 is 4.24. The molecule has 4 heterocycles. The van der Waals surface area contributed by atoms with E-state index in [1.165, 1.54) is 23.0 Å². The van der Waals surface area contributed by atoms with E-state index in [1.54, 1.807) is 0 Å². The first-order chi connectivity index (χ1) is 17.7. The number of unbranched alkanes of at least 4 members (excludes halogenated alkanes) is 1. The molecule has 6 rings (SSSR count). The van der Waals surface area contributed by atoms with Gasteiger partial charge in [-0.1, -0.05) is 19.4 Å². The highest BCUT2D eigenvalue weighted by molar-refractivity contribution is 5.90. The molecule has 3 aromatic heterocycles. The lowest BCUT2D eigenvalue weighted by Crippen LogP contribution is -2.44. The molecule has 0 unspecified atom stereocenters. The van der Waals surface area contributed by atoms with Crippen LogP contribution in [0, 0.1) is 0 Å². The van der Waals surface area contributed by atoms with Crippen molar-refractivity contribution in [3.63, 3.8) is 0 Å². The fourth-order valence-electron chi connectivity index (χ4n) is 4.92. The Balaban J connectivity index is 1.27. The average molecular weight is 481 g/mol. The number of benzene rings is 2. The second-order valence-corrected chi connectivity index (χ2v) is 9.56. The lowest BCUT2D eigenvalue weighted by Gasteiger charge is -2.34. The van der Waals surface area contributed by atoms with Gasteiger partial charge in [-0.05, 0) is 55.9 Å². The van der Waals surface area contributed by atoms with Crippen LogP contribution in [0.15, 0.2) is 67.1 Å². The number of aryl methyl sites for hydroxylation is 1. The maximum Gasteiger partial charge on any atom is 0.229 e. The molecule has 2 aromatic carbocycles. The standard InChI is InChI=1S/C28H32N8/c1-3-4-13-35-14-12-24-25(35)6-5-7-26(24)36-27-21(20-30-36)19-29-28(32-27)31-22-8-10-23(11-9-22)34-17-15-33(2)16-18-34/h5-12,14,19-20H,3-4,13,15-18H2,1-2H3,(H,29,31,32). The number of nitrogens with one attached hydrogen (secondary N) is 1. The SMILES string of the molecule is CCCCn1ccc2c(-n3ncc4cnc(Nc5ccc(N6CCN(C)CC6)cc5)nc43)cccc21. The summed E-state index contributed by atoms with van der Waals surface area (Å²) in [6.45, 7) is 7.55. The molecular formula is C28H32N8. The minimum Gasteiger partial charge on any atom is -0.369 e. The molecule has 1 saturated heterocycles. The zero-order valence-corrected chi connectivity index (χ0v) is 20.9. The zero-order chi connectivity index (χ0) is 24.5. The Hall–Kier alpha value is -3.91. The van der Waals surface area contributed by atoms with Crippen molar-refractivity contribution in [3.8, 4) is 5.69 Å². The van der Waals surface area contributed by atoms with E-state index >= 15 is 0 Å². The van der Waals surface area contributed by atoms with Crippen molar-refractivity contribution in [2.75, 3.05) is 43.4 Å². The lowest BCUT2D eigenvalue weighted by molar-refractivity contribution is 0.313. The van der Waals surface area contributed by atoms with Gasteiger partial charge in [0.05, 0.1) is 22.8 Å². The molecule has 36 heavy (non-hydrogen) atoms. The fraction of sp³-hybridized carbons (Fsp3) is 0.321. The van der Waals surface area contributed by atoms with Crippen LogP contribution in [0.5, 0.6) is 0 Å². The summed E-state index contributed by atoms with van der Waals surface area (Å²) in [7, 11) is 2.18. The van der Waals surface area contributed by atoms with E-state index in [1.807, 2.05) is 17.1 Å². The maximum absolute atomic E-state index is 4.85. The van der Waals surface area contributed by atoms with Crippen LogP contribution in [0.3, 0.4) is 0 Å². The second-order valence-electron chi connectivity index (χ2n) is 9.56. The van der Waals surface area contributed by atoms with E-state index in [-0.39, 0.29) is 0 Å². The largest absolute Gasteiger partial charge is 0.369 e. The van der Waals surface area contributed by atoms with Crippen LogP contribution in [-0.4, -0.2) is 62.4 Å². The third-order valence-electron chi connectivity index (χ3n) is 7.07. The van der Waals surface area contributed by atoms with E-state index in [9.17, 15) is 0 Å². The van der Waals surface area contributed by atoms with Gasteiger partial charge >= 0.3 is 0 Å². The third-order valence-corrected chi connectivity index (χ3v) is 7.07. The predicted octanol–water partition coefficient (Wildman–Crippen LogP) is 5.07. The Morgan fingerprint density at radius 3 is 2.58 bits per heavy atom. The number of hydrogen-bond donors (Lipinski definition) is 1. The van der Waals surface area contributed by atoms with Gasteiger partial charge in [0.1, 0.15) is 0 Å². The summed E-state index contributed by atoms with van der Waals surface area (Å²) in [4.78, 5) is 14.2. The highest BCUT2D eigenvalue weighted by Crippen LogP contribution is 2.27. The Labute approximate surface area is 211 Å². The van der Waals surface area contributed by atoms with Crippen LogP contribution in [0.1, 0.15) is 19.8 Å².